The standard InChI is InChI=1S/C10H15NO3S/c1-7(5-11)15-6-8-3-4-9(14-8)10(12)13-2/h3-4,7H,5-6,11H2,1-2H3. The van der Waals surface area contributed by atoms with Gasteiger partial charge in [0.1, 0.15) is 5.76 Å². The van der Waals surface area contributed by atoms with Gasteiger partial charge >= 0.3 is 5.97 Å². The Morgan fingerprint density at radius 2 is 2.40 bits per heavy atom. The van der Waals surface area contributed by atoms with Crippen molar-refractivity contribution in [1.82, 2.24) is 0 Å². The quantitative estimate of drug-likeness (QED) is 0.778. The van der Waals surface area contributed by atoms with Crippen LogP contribution in [0.4, 0.5) is 0 Å². The minimum Gasteiger partial charge on any atom is -0.463 e. The van der Waals surface area contributed by atoms with Crippen LogP contribution in [-0.4, -0.2) is 24.9 Å². The van der Waals surface area contributed by atoms with Gasteiger partial charge in [-0.3, -0.25) is 0 Å². The van der Waals surface area contributed by atoms with E-state index in [1.807, 2.05) is 0 Å². The Labute approximate surface area is 93.2 Å². The lowest BCUT2D eigenvalue weighted by molar-refractivity contribution is 0.0563. The molecule has 0 aliphatic heterocycles. The molecule has 0 spiro atoms. The molecule has 0 saturated heterocycles. The monoisotopic (exact) mass is 229 g/mol. The summed E-state index contributed by atoms with van der Waals surface area (Å²) >= 11 is 1.69. The van der Waals surface area contributed by atoms with Gasteiger partial charge in [-0.05, 0) is 12.1 Å². The molecule has 1 rings (SSSR count). The van der Waals surface area contributed by atoms with Gasteiger partial charge in [0.2, 0.25) is 5.76 Å². The van der Waals surface area contributed by atoms with Crippen molar-refractivity contribution in [3.8, 4) is 0 Å². The van der Waals surface area contributed by atoms with E-state index in [0.717, 1.165) is 11.5 Å². The summed E-state index contributed by atoms with van der Waals surface area (Å²) in [5.74, 6) is 1.28. The third kappa shape index (κ3) is 3.60. The molecule has 0 aliphatic rings. The van der Waals surface area contributed by atoms with E-state index in [1.165, 1.54) is 7.11 Å². The minimum atomic E-state index is -0.446. The molecule has 0 aliphatic carbocycles. The maximum atomic E-state index is 11.1. The average molecular weight is 229 g/mol. The number of furan rings is 1. The maximum Gasteiger partial charge on any atom is 0.373 e. The Bertz CT molecular complexity index is 324. The van der Waals surface area contributed by atoms with E-state index in [2.05, 4.69) is 11.7 Å². The number of ether oxygens (including phenoxy) is 1. The molecule has 0 amide bonds. The van der Waals surface area contributed by atoms with Crippen LogP contribution in [0, 0.1) is 0 Å². The lowest BCUT2D eigenvalue weighted by Crippen LogP contribution is -2.12. The zero-order valence-electron chi connectivity index (χ0n) is 8.86. The van der Waals surface area contributed by atoms with E-state index in [4.69, 9.17) is 10.2 Å². The number of methoxy groups -OCH3 is 1. The lowest BCUT2D eigenvalue weighted by atomic mass is 10.4. The Balaban J connectivity index is 2.49. The summed E-state index contributed by atoms with van der Waals surface area (Å²) in [7, 11) is 1.33. The van der Waals surface area contributed by atoms with E-state index < -0.39 is 5.97 Å². The molecule has 1 unspecified atom stereocenters. The molecule has 2 N–H and O–H groups in total. The molecular formula is C10H15NO3S. The number of rotatable bonds is 5. The second-order valence-corrected chi connectivity index (χ2v) is 4.54. The minimum absolute atomic E-state index is 0.244. The van der Waals surface area contributed by atoms with Crippen LogP contribution in [0.1, 0.15) is 23.2 Å². The molecule has 1 atom stereocenters. The van der Waals surface area contributed by atoms with Gasteiger partial charge in [-0.25, -0.2) is 4.79 Å². The van der Waals surface area contributed by atoms with Crippen molar-refractivity contribution in [2.75, 3.05) is 13.7 Å². The van der Waals surface area contributed by atoms with Crippen molar-refractivity contribution in [1.29, 1.82) is 0 Å². The SMILES string of the molecule is COC(=O)c1ccc(CSC(C)CN)o1. The first-order chi connectivity index (χ1) is 7.17. The predicted octanol–water partition coefficient (Wildman–Crippen LogP) is 1.65. The van der Waals surface area contributed by atoms with Crippen LogP contribution in [0.5, 0.6) is 0 Å². The van der Waals surface area contributed by atoms with Gasteiger partial charge < -0.3 is 14.9 Å². The van der Waals surface area contributed by atoms with E-state index in [9.17, 15) is 4.79 Å². The second kappa shape index (κ2) is 5.82. The van der Waals surface area contributed by atoms with E-state index >= 15 is 0 Å². The zero-order chi connectivity index (χ0) is 11.3. The molecule has 1 heterocycles. The molecule has 0 radical (unpaired) electrons. The van der Waals surface area contributed by atoms with Gasteiger partial charge in [-0.2, -0.15) is 0 Å². The molecule has 0 fully saturated rings. The van der Waals surface area contributed by atoms with Gasteiger partial charge in [-0.1, -0.05) is 6.92 Å². The first kappa shape index (κ1) is 12.1. The molecule has 84 valence electrons. The lowest BCUT2D eigenvalue weighted by Gasteiger charge is -2.05. The zero-order valence-corrected chi connectivity index (χ0v) is 9.67. The summed E-state index contributed by atoms with van der Waals surface area (Å²) in [6.07, 6.45) is 0. The molecular weight excluding hydrogens is 214 g/mol. The average Bonchev–Trinajstić information content (AvgIpc) is 2.73. The summed E-state index contributed by atoms with van der Waals surface area (Å²) in [5, 5.41) is 0.386. The van der Waals surface area contributed by atoms with E-state index in [0.29, 0.717) is 11.8 Å². The predicted molar refractivity (Wildman–Crippen MR) is 59.9 cm³/mol. The van der Waals surface area contributed by atoms with Crippen LogP contribution in [0.2, 0.25) is 0 Å². The Morgan fingerprint density at radius 1 is 1.67 bits per heavy atom. The number of carbonyl (C=O) groups is 1. The van der Waals surface area contributed by atoms with Crippen LogP contribution < -0.4 is 5.73 Å². The van der Waals surface area contributed by atoms with Crippen molar-refractivity contribution < 1.29 is 13.9 Å². The molecule has 5 heteroatoms. The van der Waals surface area contributed by atoms with Crippen LogP contribution in [-0.2, 0) is 10.5 Å². The molecule has 1 aromatic rings. The third-order valence-corrected chi connectivity index (χ3v) is 3.10. The second-order valence-electron chi connectivity index (χ2n) is 3.11. The number of hydrogen-bond acceptors (Lipinski definition) is 5. The highest BCUT2D eigenvalue weighted by Crippen LogP contribution is 2.19. The Kier molecular flexibility index (Phi) is 4.71. The van der Waals surface area contributed by atoms with Crippen molar-refractivity contribution in [3.05, 3.63) is 23.7 Å². The molecule has 0 saturated carbocycles. The van der Waals surface area contributed by atoms with E-state index in [-0.39, 0.29) is 5.76 Å². The van der Waals surface area contributed by atoms with Gasteiger partial charge in [0, 0.05) is 11.8 Å². The summed E-state index contributed by atoms with van der Waals surface area (Å²) in [6.45, 7) is 2.68. The number of hydrogen-bond donors (Lipinski definition) is 1. The summed E-state index contributed by atoms with van der Waals surface area (Å²) in [5.41, 5.74) is 5.49. The highest BCUT2D eigenvalue weighted by Gasteiger charge is 2.11. The van der Waals surface area contributed by atoms with E-state index in [1.54, 1.807) is 23.9 Å². The van der Waals surface area contributed by atoms with Crippen molar-refractivity contribution in [2.24, 2.45) is 5.73 Å². The number of carbonyl (C=O) groups excluding carboxylic acids is 1. The molecule has 4 nitrogen and oxygen atoms in total. The van der Waals surface area contributed by atoms with Crippen LogP contribution >= 0.6 is 11.8 Å². The topological polar surface area (TPSA) is 65.5 Å². The van der Waals surface area contributed by atoms with Crippen LogP contribution in [0.3, 0.4) is 0 Å². The number of esters is 1. The fourth-order valence-electron chi connectivity index (χ4n) is 0.958. The fourth-order valence-corrected chi connectivity index (χ4v) is 1.70. The number of thioether (sulfide) groups is 1. The fraction of sp³-hybridized carbons (Fsp3) is 0.500. The Hall–Kier alpha value is -0.940. The molecule has 0 aromatic carbocycles. The van der Waals surface area contributed by atoms with Crippen molar-refractivity contribution in [2.45, 2.75) is 17.9 Å². The summed E-state index contributed by atoms with van der Waals surface area (Å²) < 4.78 is 9.83. The van der Waals surface area contributed by atoms with Crippen LogP contribution in [0.15, 0.2) is 16.5 Å². The molecule has 15 heavy (non-hydrogen) atoms. The van der Waals surface area contributed by atoms with Gasteiger partial charge in [0.15, 0.2) is 0 Å². The normalized spacial score (nSPS) is 12.5. The first-order valence-corrected chi connectivity index (χ1v) is 5.71. The third-order valence-electron chi connectivity index (χ3n) is 1.89. The Morgan fingerprint density at radius 3 is 3.00 bits per heavy atom. The highest BCUT2D eigenvalue weighted by molar-refractivity contribution is 7.99. The summed E-state index contributed by atoms with van der Waals surface area (Å²) in [6, 6.07) is 3.40. The highest BCUT2D eigenvalue weighted by atomic mass is 32.2. The van der Waals surface area contributed by atoms with Gasteiger partial charge in [0.25, 0.3) is 0 Å². The first-order valence-electron chi connectivity index (χ1n) is 4.66. The summed E-state index contributed by atoms with van der Waals surface area (Å²) in [4.78, 5) is 11.1. The van der Waals surface area contributed by atoms with Crippen LogP contribution in [0.25, 0.3) is 0 Å². The van der Waals surface area contributed by atoms with Crippen molar-refractivity contribution >= 4 is 17.7 Å². The smallest absolute Gasteiger partial charge is 0.373 e. The molecule has 1 aromatic heterocycles. The van der Waals surface area contributed by atoms with Crippen molar-refractivity contribution in [3.63, 3.8) is 0 Å². The molecule has 0 bridgehead atoms. The number of nitrogens with two attached hydrogens (primary N) is 1. The largest absolute Gasteiger partial charge is 0.463 e. The van der Waals surface area contributed by atoms with Gasteiger partial charge in [0.05, 0.1) is 12.9 Å². The van der Waals surface area contributed by atoms with Gasteiger partial charge in [-0.15, -0.1) is 11.8 Å². The maximum absolute atomic E-state index is 11.1.